The summed E-state index contributed by atoms with van der Waals surface area (Å²) in [5.41, 5.74) is 1.68. The van der Waals surface area contributed by atoms with E-state index >= 15 is 0 Å². The van der Waals surface area contributed by atoms with Crippen molar-refractivity contribution in [2.45, 2.75) is 39.4 Å². The van der Waals surface area contributed by atoms with Gasteiger partial charge >= 0.3 is 0 Å². The van der Waals surface area contributed by atoms with Gasteiger partial charge in [-0.1, -0.05) is 12.1 Å². The molecule has 0 aliphatic carbocycles. The van der Waals surface area contributed by atoms with Crippen LogP contribution in [0, 0.1) is 0 Å². The first-order valence-corrected chi connectivity index (χ1v) is 6.14. The number of carbonyl (C=O) groups excluding carboxylic acids is 2. The van der Waals surface area contributed by atoms with Crippen molar-refractivity contribution in [1.82, 2.24) is 0 Å². The Morgan fingerprint density at radius 3 is 2.17 bits per heavy atom. The van der Waals surface area contributed by atoms with Crippen molar-refractivity contribution in [3.05, 3.63) is 29.8 Å². The van der Waals surface area contributed by atoms with E-state index in [4.69, 9.17) is 4.74 Å². The minimum atomic E-state index is -0.119. The number of anilines is 1. The quantitative estimate of drug-likeness (QED) is 0.767. The molecule has 1 aromatic rings. The Morgan fingerprint density at radius 2 is 1.67 bits per heavy atom. The number of imide groups is 1. The second-order valence-corrected chi connectivity index (χ2v) is 4.65. The number of benzene rings is 1. The molecule has 1 heterocycles. The van der Waals surface area contributed by atoms with Gasteiger partial charge in [-0.05, 0) is 31.5 Å². The van der Waals surface area contributed by atoms with Crippen LogP contribution in [0.3, 0.4) is 0 Å². The highest BCUT2D eigenvalue weighted by Gasteiger charge is 2.29. The molecule has 0 unspecified atom stereocenters. The van der Waals surface area contributed by atoms with Gasteiger partial charge in [0.2, 0.25) is 11.8 Å². The summed E-state index contributed by atoms with van der Waals surface area (Å²) in [6.07, 6.45) is 0.820. The molecule has 0 aromatic heterocycles. The molecule has 2 rings (SSSR count). The SMILES string of the molecule is CC(C)OCc1ccc(N2C(=O)CCC2=O)cc1. The molecule has 18 heavy (non-hydrogen) atoms. The highest BCUT2D eigenvalue weighted by Crippen LogP contribution is 2.22. The number of carbonyl (C=O) groups is 2. The molecule has 0 atom stereocenters. The largest absolute Gasteiger partial charge is 0.374 e. The summed E-state index contributed by atoms with van der Waals surface area (Å²) in [7, 11) is 0. The fourth-order valence-corrected chi connectivity index (χ4v) is 1.87. The Morgan fingerprint density at radius 1 is 1.11 bits per heavy atom. The summed E-state index contributed by atoms with van der Waals surface area (Å²) in [6.45, 7) is 4.51. The maximum atomic E-state index is 11.6. The second-order valence-electron chi connectivity index (χ2n) is 4.65. The maximum Gasteiger partial charge on any atom is 0.234 e. The van der Waals surface area contributed by atoms with Crippen LogP contribution in [0.4, 0.5) is 5.69 Å². The molecule has 1 aliphatic rings. The van der Waals surface area contributed by atoms with E-state index in [1.54, 1.807) is 12.1 Å². The van der Waals surface area contributed by atoms with Crippen LogP contribution >= 0.6 is 0 Å². The lowest BCUT2D eigenvalue weighted by Gasteiger charge is -2.14. The van der Waals surface area contributed by atoms with E-state index in [1.165, 1.54) is 4.90 Å². The lowest BCUT2D eigenvalue weighted by molar-refractivity contribution is -0.121. The van der Waals surface area contributed by atoms with Crippen molar-refractivity contribution in [3.8, 4) is 0 Å². The first kappa shape index (κ1) is 12.8. The third-order valence-corrected chi connectivity index (χ3v) is 2.83. The standard InChI is InChI=1S/C14H17NO3/c1-10(2)18-9-11-3-5-12(6-4-11)15-13(16)7-8-14(15)17/h3-6,10H,7-9H2,1-2H3. The van der Waals surface area contributed by atoms with Gasteiger partial charge < -0.3 is 4.74 Å². The van der Waals surface area contributed by atoms with Gasteiger partial charge in [0.05, 0.1) is 18.4 Å². The van der Waals surface area contributed by atoms with E-state index in [0.29, 0.717) is 25.1 Å². The van der Waals surface area contributed by atoms with E-state index < -0.39 is 0 Å². The zero-order valence-electron chi connectivity index (χ0n) is 10.7. The van der Waals surface area contributed by atoms with Crippen LogP contribution in [0.5, 0.6) is 0 Å². The second kappa shape index (κ2) is 5.31. The Hall–Kier alpha value is -1.68. The van der Waals surface area contributed by atoms with Crippen molar-refractivity contribution >= 4 is 17.5 Å². The molecule has 4 nitrogen and oxygen atoms in total. The molecule has 1 aliphatic heterocycles. The lowest BCUT2D eigenvalue weighted by atomic mass is 10.2. The topological polar surface area (TPSA) is 46.6 Å². The molecule has 0 N–H and O–H groups in total. The van der Waals surface area contributed by atoms with Crippen LogP contribution in [0.25, 0.3) is 0 Å². The highest BCUT2D eigenvalue weighted by molar-refractivity contribution is 6.19. The maximum absolute atomic E-state index is 11.6. The number of hydrogen-bond acceptors (Lipinski definition) is 3. The van der Waals surface area contributed by atoms with E-state index in [-0.39, 0.29) is 17.9 Å². The normalized spacial score (nSPS) is 15.8. The first-order chi connectivity index (χ1) is 8.58. The van der Waals surface area contributed by atoms with E-state index in [1.807, 2.05) is 26.0 Å². The van der Waals surface area contributed by atoms with Crippen LogP contribution in [0.1, 0.15) is 32.3 Å². The van der Waals surface area contributed by atoms with E-state index in [2.05, 4.69) is 0 Å². The highest BCUT2D eigenvalue weighted by atomic mass is 16.5. The van der Waals surface area contributed by atoms with Crippen molar-refractivity contribution in [3.63, 3.8) is 0 Å². The van der Waals surface area contributed by atoms with Gasteiger partial charge in [-0.2, -0.15) is 0 Å². The summed E-state index contributed by atoms with van der Waals surface area (Å²) in [4.78, 5) is 24.4. The van der Waals surface area contributed by atoms with Gasteiger partial charge in [-0.3, -0.25) is 14.5 Å². The Kier molecular flexibility index (Phi) is 3.77. The van der Waals surface area contributed by atoms with Gasteiger partial charge in [-0.15, -0.1) is 0 Å². The fraction of sp³-hybridized carbons (Fsp3) is 0.429. The zero-order chi connectivity index (χ0) is 13.1. The molecule has 0 spiro atoms. The molecular formula is C14H17NO3. The average Bonchev–Trinajstić information content (AvgIpc) is 2.67. The summed E-state index contributed by atoms with van der Waals surface area (Å²) in [5, 5.41) is 0. The molecular weight excluding hydrogens is 230 g/mol. The molecule has 0 saturated carbocycles. The third-order valence-electron chi connectivity index (χ3n) is 2.83. The molecule has 2 amide bonds. The molecule has 4 heteroatoms. The van der Waals surface area contributed by atoms with Gasteiger partial charge in [-0.25, -0.2) is 0 Å². The van der Waals surface area contributed by atoms with Crippen molar-refractivity contribution in [2.75, 3.05) is 4.90 Å². The van der Waals surface area contributed by atoms with Gasteiger partial charge in [0.15, 0.2) is 0 Å². The predicted molar refractivity (Wildman–Crippen MR) is 68.1 cm³/mol. The predicted octanol–water partition coefficient (Wildman–Crippen LogP) is 2.27. The zero-order valence-corrected chi connectivity index (χ0v) is 10.7. The summed E-state index contributed by atoms with van der Waals surface area (Å²) >= 11 is 0. The minimum Gasteiger partial charge on any atom is -0.374 e. The minimum absolute atomic E-state index is 0.119. The summed E-state index contributed by atoms with van der Waals surface area (Å²) in [5.74, 6) is -0.239. The Bertz CT molecular complexity index is 435. The molecule has 1 saturated heterocycles. The fourth-order valence-electron chi connectivity index (χ4n) is 1.87. The number of hydrogen-bond donors (Lipinski definition) is 0. The molecule has 1 fully saturated rings. The molecule has 0 bridgehead atoms. The third kappa shape index (κ3) is 2.76. The van der Waals surface area contributed by atoms with Gasteiger partial charge in [0, 0.05) is 12.8 Å². The number of amides is 2. The number of ether oxygens (including phenoxy) is 1. The van der Waals surface area contributed by atoms with Crippen molar-refractivity contribution in [2.24, 2.45) is 0 Å². The summed E-state index contributed by atoms with van der Waals surface area (Å²) in [6, 6.07) is 7.35. The molecule has 96 valence electrons. The van der Waals surface area contributed by atoms with E-state index in [0.717, 1.165) is 5.56 Å². The monoisotopic (exact) mass is 247 g/mol. The van der Waals surface area contributed by atoms with Crippen LogP contribution in [0.2, 0.25) is 0 Å². The first-order valence-electron chi connectivity index (χ1n) is 6.14. The summed E-state index contributed by atoms with van der Waals surface area (Å²) < 4.78 is 5.49. The van der Waals surface area contributed by atoms with Crippen molar-refractivity contribution < 1.29 is 14.3 Å². The Labute approximate surface area is 107 Å². The lowest BCUT2D eigenvalue weighted by Crippen LogP contribution is -2.28. The van der Waals surface area contributed by atoms with Crippen LogP contribution in [-0.4, -0.2) is 17.9 Å². The number of nitrogens with zero attached hydrogens (tertiary/aromatic N) is 1. The van der Waals surface area contributed by atoms with Crippen LogP contribution < -0.4 is 4.90 Å². The molecule has 0 radical (unpaired) electrons. The van der Waals surface area contributed by atoms with Crippen LogP contribution in [-0.2, 0) is 20.9 Å². The van der Waals surface area contributed by atoms with Gasteiger partial charge in [0.1, 0.15) is 0 Å². The van der Waals surface area contributed by atoms with E-state index in [9.17, 15) is 9.59 Å². The molecule has 1 aromatic carbocycles. The number of rotatable bonds is 4. The van der Waals surface area contributed by atoms with Crippen molar-refractivity contribution in [1.29, 1.82) is 0 Å². The van der Waals surface area contributed by atoms with Gasteiger partial charge in [0.25, 0.3) is 0 Å². The van der Waals surface area contributed by atoms with Crippen LogP contribution in [0.15, 0.2) is 24.3 Å². The smallest absolute Gasteiger partial charge is 0.234 e. The Balaban J connectivity index is 2.07. The average molecular weight is 247 g/mol.